The number of benzene rings is 1. The lowest BCUT2D eigenvalue weighted by molar-refractivity contribution is 0.457. The maximum atomic E-state index is 12.5. The summed E-state index contributed by atoms with van der Waals surface area (Å²) in [5.74, 6) is 0. The summed E-state index contributed by atoms with van der Waals surface area (Å²) in [6.07, 6.45) is 0. The standard InChI is InChI=1S/C14H22N2O2S/c1-9-6-7-10(15)8-11(9)19(17,18)16-12-13(2,3)14(12,4)5/h6-8,12,16H,15H2,1-5H3. The first kappa shape index (κ1) is 14.3. The van der Waals surface area contributed by atoms with Gasteiger partial charge in [-0.15, -0.1) is 0 Å². The molecule has 0 heterocycles. The predicted octanol–water partition coefficient (Wildman–Crippen LogP) is 2.29. The Balaban J connectivity index is 2.33. The zero-order valence-corrected chi connectivity index (χ0v) is 12.9. The summed E-state index contributed by atoms with van der Waals surface area (Å²) in [7, 11) is -3.52. The van der Waals surface area contributed by atoms with E-state index >= 15 is 0 Å². The van der Waals surface area contributed by atoms with Gasteiger partial charge in [-0.1, -0.05) is 33.8 Å². The first-order chi connectivity index (χ1) is 8.50. The number of rotatable bonds is 3. The minimum Gasteiger partial charge on any atom is -0.399 e. The Labute approximate surface area is 115 Å². The molecule has 106 valence electrons. The molecule has 0 saturated heterocycles. The van der Waals surface area contributed by atoms with Crippen LogP contribution in [0.2, 0.25) is 0 Å². The van der Waals surface area contributed by atoms with E-state index in [1.807, 2.05) is 0 Å². The van der Waals surface area contributed by atoms with Crippen molar-refractivity contribution in [2.45, 2.75) is 45.6 Å². The number of nitrogens with one attached hydrogen (secondary N) is 1. The second-order valence-corrected chi connectivity index (χ2v) is 8.21. The zero-order valence-electron chi connectivity index (χ0n) is 12.1. The molecule has 1 aliphatic carbocycles. The Hall–Kier alpha value is -1.07. The third-order valence-electron chi connectivity index (χ3n) is 4.80. The van der Waals surface area contributed by atoms with Gasteiger partial charge in [0.05, 0.1) is 4.90 Å². The number of sulfonamides is 1. The molecule has 0 spiro atoms. The van der Waals surface area contributed by atoms with E-state index in [9.17, 15) is 8.42 Å². The summed E-state index contributed by atoms with van der Waals surface area (Å²) in [4.78, 5) is 0.269. The highest BCUT2D eigenvalue weighted by atomic mass is 32.2. The summed E-state index contributed by atoms with van der Waals surface area (Å²) in [6, 6.07) is 4.90. The van der Waals surface area contributed by atoms with Crippen molar-refractivity contribution < 1.29 is 8.42 Å². The molecule has 5 heteroatoms. The van der Waals surface area contributed by atoms with Crippen LogP contribution in [0.25, 0.3) is 0 Å². The Bertz CT molecular complexity index is 604. The fourth-order valence-electron chi connectivity index (χ4n) is 2.62. The molecular weight excluding hydrogens is 260 g/mol. The average Bonchev–Trinajstić information content (AvgIpc) is 2.64. The molecule has 1 aromatic rings. The van der Waals surface area contributed by atoms with Crippen LogP contribution in [0.5, 0.6) is 0 Å². The molecule has 0 aromatic heterocycles. The van der Waals surface area contributed by atoms with Crippen molar-refractivity contribution in [1.29, 1.82) is 0 Å². The van der Waals surface area contributed by atoms with Gasteiger partial charge in [-0.3, -0.25) is 0 Å². The molecule has 19 heavy (non-hydrogen) atoms. The number of hydrogen-bond acceptors (Lipinski definition) is 3. The van der Waals surface area contributed by atoms with Gasteiger partial charge < -0.3 is 5.73 Å². The minimum absolute atomic E-state index is 0.0334. The molecular formula is C14H22N2O2S. The topological polar surface area (TPSA) is 72.2 Å². The van der Waals surface area contributed by atoms with Crippen LogP contribution in [0.1, 0.15) is 33.3 Å². The third-order valence-corrected chi connectivity index (χ3v) is 6.36. The van der Waals surface area contributed by atoms with Crippen LogP contribution in [0.4, 0.5) is 5.69 Å². The van der Waals surface area contributed by atoms with E-state index in [2.05, 4.69) is 32.4 Å². The predicted molar refractivity (Wildman–Crippen MR) is 77.3 cm³/mol. The van der Waals surface area contributed by atoms with E-state index in [1.54, 1.807) is 19.1 Å². The summed E-state index contributed by atoms with van der Waals surface area (Å²) < 4.78 is 27.7. The van der Waals surface area contributed by atoms with Crippen LogP contribution in [0, 0.1) is 17.8 Å². The normalized spacial score (nSPS) is 21.3. The van der Waals surface area contributed by atoms with Gasteiger partial charge in [0.15, 0.2) is 0 Å². The first-order valence-corrected chi connectivity index (χ1v) is 7.87. The second kappa shape index (κ2) is 3.96. The van der Waals surface area contributed by atoms with E-state index in [0.717, 1.165) is 0 Å². The molecule has 1 fully saturated rings. The molecule has 0 radical (unpaired) electrons. The Morgan fingerprint density at radius 2 is 1.68 bits per heavy atom. The first-order valence-electron chi connectivity index (χ1n) is 6.38. The van der Waals surface area contributed by atoms with E-state index in [0.29, 0.717) is 11.3 Å². The molecule has 0 amide bonds. The monoisotopic (exact) mass is 282 g/mol. The summed E-state index contributed by atoms with van der Waals surface area (Å²) in [6.45, 7) is 10.1. The molecule has 2 rings (SSSR count). The van der Waals surface area contributed by atoms with Crippen molar-refractivity contribution in [2.75, 3.05) is 5.73 Å². The van der Waals surface area contributed by atoms with Gasteiger partial charge in [0.1, 0.15) is 0 Å². The van der Waals surface area contributed by atoms with Crippen LogP contribution in [0.15, 0.2) is 23.1 Å². The van der Waals surface area contributed by atoms with Crippen molar-refractivity contribution in [1.82, 2.24) is 4.72 Å². The highest BCUT2D eigenvalue weighted by molar-refractivity contribution is 7.89. The average molecular weight is 282 g/mol. The van der Waals surface area contributed by atoms with Gasteiger partial charge in [0.25, 0.3) is 0 Å². The third kappa shape index (κ3) is 2.15. The summed E-state index contributed by atoms with van der Waals surface area (Å²) >= 11 is 0. The van der Waals surface area contributed by atoms with Gasteiger partial charge in [0.2, 0.25) is 10.0 Å². The zero-order chi connectivity index (χ0) is 14.6. The van der Waals surface area contributed by atoms with E-state index in [1.165, 1.54) is 6.07 Å². The number of nitrogens with two attached hydrogens (primary N) is 1. The Morgan fingerprint density at radius 1 is 1.16 bits per heavy atom. The van der Waals surface area contributed by atoms with Crippen molar-refractivity contribution in [3.8, 4) is 0 Å². The molecule has 4 nitrogen and oxygen atoms in total. The molecule has 3 N–H and O–H groups in total. The minimum atomic E-state index is -3.52. The van der Waals surface area contributed by atoms with Crippen molar-refractivity contribution in [3.05, 3.63) is 23.8 Å². The van der Waals surface area contributed by atoms with E-state index < -0.39 is 10.0 Å². The molecule has 1 saturated carbocycles. The fraction of sp³-hybridized carbons (Fsp3) is 0.571. The van der Waals surface area contributed by atoms with Crippen LogP contribution < -0.4 is 10.5 Å². The Morgan fingerprint density at radius 3 is 2.16 bits per heavy atom. The smallest absolute Gasteiger partial charge is 0.241 e. The molecule has 0 aliphatic heterocycles. The molecule has 1 aromatic carbocycles. The van der Waals surface area contributed by atoms with Gasteiger partial charge in [-0.2, -0.15) is 0 Å². The fourth-order valence-corrected chi connectivity index (χ4v) is 4.43. The lowest BCUT2D eigenvalue weighted by Crippen LogP contribution is -2.30. The number of nitrogen functional groups attached to an aromatic ring is 1. The summed E-state index contributed by atoms with van der Waals surface area (Å²) in [5.41, 5.74) is 6.78. The maximum Gasteiger partial charge on any atom is 0.241 e. The van der Waals surface area contributed by atoms with E-state index in [4.69, 9.17) is 5.73 Å². The van der Waals surface area contributed by atoms with Gasteiger partial charge in [-0.05, 0) is 35.4 Å². The SMILES string of the molecule is Cc1ccc(N)cc1S(=O)(=O)NC1C(C)(C)C1(C)C. The van der Waals surface area contributed by atoms with E-state index in [-0.39, 0.29) is 21.8 Å². The lowest BCUT2D eigenvalue weighted by Gasteiger charge is -2.11. The van der Waals surface area contributed by atoms with Crippen LogP contribution in [-0.4, -0.2) is 14.5 Å². The number of hydrogen-bond donors (Lipinski definition) is 2. The molecule has 1 aliphatic rings. The highest BCUT2D eigenvalue weighted by Gasteiger charge is 2.66. The van der Waals surface area contributed by atoms with Crippen LogP contribution in [0.3, 0.4) is 0 Å². The lowest BCUT2D eigenvalue weighted by atomic mass is 10.0. The number of anilines is 1. The maximum absolute atomic E-state index is 12.5. The van der Waals surface area contributed by atoms with Gasteiger partial charge >= 0.3 is 0 Å². The van der Waals surface area contributed by atoms with Crippen molar-refractivity contribution in [3.63, 3.8) is 0 Å². The highest BCUT2D eigenvalue weighted by Crippen LogP contribution is 2.62. The summed E-state index contributed by atoms with van der Waals surface area (Å²) in [5, 5.41) is 0. The van der Waals surface area contributed by atoms with Crippen molar-refractivity contribution in [2.24, 2.45) is 10.8 Å². The Kier molecular flexibility index (Phi) is 2.99. The second-order valence-electron chi connectivity index (χ2n) is 6.52. The van der Waals surface area contributed by atoms with Crippen LogP contribution >= 0.6 is 0 Å². The van der Waals surface area contributed by atoms with Gasteiger partial charge in [0, 0.05) is 11.7 Å². The quantitative estimate of drug-likeness (QED) is 0.835. The largest absolute Gasteiger partial charge is 0.399 e. The number of aryl methyl sites for hydroxylation is 1. The van der Waals surface area contributed by atoms with Crippen LogP contribution in [-0.2, 0) is 10.0 Å². The van der Waals surface area contributed by atoms with Crippen molar-refractivity contribution >= 4 is 15.7 Å². The molecule has 0 bridgehead atoms. The molecule has 0 unspecified atom stereocenters. The van der Waals surface area contributed by atoms with Gasteiger partial charge in [-0.25, -0.2) is 13.1 Å². The molecule has 0 atom stereocenters.